The highest BCUT2D eigenvalue weighted by molar-refractivity contribution is 5.78. The molecule has 2 saturated heterocycles. The Morgan fingerprint density at radius 1 is 1.40 bits per heavy atom. The van der Waals surface area contributed by atoms with Crippen LogP contribution in [0.4, 0.5) is 4.79 Å². The number of carbonyl (C=O) groups is 1. The number of fused-ring (bicyclic) bond motifs is 2. The average molecular weight is 344 g/mol. The number of carbonyl (C=O) groups excluding carboxylic acids is 1. The van der Waals surface area contributed by atoms with Crippen LogP contribution in [-0.4, -0.2) is 51.0 Å². The van der Waals surface area contributed by atoms with Crippen LogP contribution in [0.5, 0.6) is 0 Å². The van der Waals surface area contributed by atoms with E-state index in [4.69, 9.17) is 4.74 Å². The van der Waals surface area contributed by atoms with Gasteiger partial charge in [-0.3, -0.25) is 4.68 Å². The Labute approximate surface area is 149 Å². The Balaban J connectivity index is 1.40. The number of aryl methyl sites for hydroxylation is 1. The zero-order valence-corrected chi connectivity index (χ0v) is 15.4. The van der Waals surface area contributed by atoms with Crippen molar-refractivity contribution in [3.05, 3.63) is 24.0 Å². The van der Waals surface area contributed by atoms with Crippen LogP contribution in [0.25, 0.3) is 5.57 Å². The number of hydrogen-bond donors (Lipinski definition) is 1. The maximum atomic E-state index is 12.7. The van der Waals surface area contributed by atoms with Crippen molar-refractivity contribution < 1.29 is 9.53 Å². The van der Waals surface area contributed by atoms with Crippen molar-refractivity contribution in [2.45, 2.75) is 69.7 Å². The second-order valence-corrected chi connectivity index (χ2v) is 8.17. The lowest BCUT2D eigenvalue weighted by molar-refractivity contribution is -0.0137. The summed E-state index contributed by atoms with van der Waals surface area (Å²) in [7, 11) is 1.97. The predicted octanol–water partition coefficient (Wildman–Crippen LogP) is 2.71. The molecule has 2 fully saturated rings. The van der Waals surface area contributed by atoms with Crippen molar-refractivity contribution in [1.29, 1.82) is 0 Å². The van der Waals surface area contributed by atoms with E-state index in [1.165, 1.54) is 11.3 Å². The highest BCUT2D eigenvalue weighted by Gasteiger charge is 2.40. The lowest BCUT2D eigenvalue weighted by Crippen LogP contribution is -2.49. The van der Waals surface area contributed by atoms with Crippen LogP contribution < -0.4 is 5.32 Å². The lowest BCUT2D eigenvalue weighted by atomic mass is 9.99. The summed E-state index contributed by atoms with van der Waals surface area (Å²) >= 11 is 0. The van der Waals surface area contributed by atoms with Crippen LogP contribution in [0.1, 0.15) is 51.6 Å². The van der Waals surface area contributed by atoms with E-state index in [0.717, 1.165) is 32.1 Å². The summed E-state index contributed by atoms with van der Waals surface area (Å²) in [6.07, 6.45) is 9.34. The molecule has 4 heterocycles. The minimum Gasteiger partial charge on any atom is -0.371 e. The van der Waals surface area contributed by atoms with Crippen LogP contribution >= 0.6 is 0 Å². The second kappa shape index (κ2) is 6.16. The SMILES string of the molecule is Cn1nccc1C1=CC2CCC(C1)N2C(=O)NCC1CCC(C)(C)O1. The summed E-state index contributed by atoms with van der Waals surface area (Å²) in [5.41, 5.74) is 2.43. The maximum Gasteiger partial charge on any atom is 0.318 e. The molecule has 1 aromatic rings. The molecule has 3 atom stereocenters. The summed E-state index contributed by atoms with van der Waals surface area (Å²) in [4.78, 5) is 14.8. The van der Waals surface area contributed by atoms with Crippen molar-refractivity contribution >= 4 is 11.6 Å². The van der Waals surface area contributed by atoms with Gasteiger partial charge in [0.15, 0.2) is 0 Å². The number of nitrogens with one attached hydrogen (secondary N) is 1. The molecule has 0 aromatic carbocycles. The van der Waals surface area contributed by atoms with Crippen LogP contribution in [0.3, 0.4) is 0 Å². The maximum absolute atomic E-state index is 12.7. The third-order valence-electron chi connectivity index (χ3n) is 5.81. The second-order valence-electron chi connectivity index (χ2n) is 8.17. The molecule has 0 radical (unpaired) electrons. The van der Waals surface area contributed by atoms with Gasteiger partial charge in [0.25, 0.3) is 0 Å². The molecule has 0 spiro atoms. The van der Waals surface area contributed by atoms with Crippen molar-refractivity contribution in [1.82, 2.24) is 20.0 Å². The topological polar surface area (TPSA) is 59.4 Å². The highest BCUT2D eigenvalue weighted by atomic mass is 16.5. The fourth-order valence-electron chi connectivity index (χ4n) is 4.54. The number of ether oxygens (including phenoxy) is 1. The van der Waals surface area contributed by atoms with E-state index in [1.807, 2.05) is 22.8 Å². The smallest absolute Gasteiger partial charge is 0.318 e. The third kappa shape index (κ3) is 3.19. The highest BCUT2D eigenvalue weighted by Crippen LogP contribution is 2.38. The van der Waals surface area contributed by atoms with Gasteiger partial charge in [0.1, 0.15) is 0 Å². The number of urea groups is 1. The molecule has 6 heteroatoms. The Bertz CT molecular complexity index is 693. The summed E-state index contributed by atoms with van der Waals surface area (Å²) < 4.78 is 7.90. The van der Waals surface area contributed by atoms with E-state index in [1.54, 1.807) is 0 Å². The van der Waals surface area contributed by atoms with Gasteiger partial charge >= 0.3 is 6.03 Å². The van der Waals surface area contributed by atoms with E-state index in [0.29, 0.717) is 12.6 Å². The molecule has 4 rings (SSSR count). The molecule has 2 amide bonds. The zero-order valence-electron chi connectivity index (χ0n) is 15.4. The van der Waals surface area contributed by atoms with Crippen molar-refractivity contribution in [3.8, 4) is 0 Å². The van der Waals surface area contributed by atoms with E-state index in [-0.39, 0.29) is 23.8 Å². The van der Waals surface area contributed by atoms with E-state index in [2.05, 4.69) is 36.4 Å². The fraction of sp³-hybridized carbons (Fsp3) is 0.684. The van der Waals surface area contributed by atoms with E-state index in [9.17, 15) is 4.79 Å². The van der Waals surface area contributed by atoms with Gasteiger partial charge < -0.3 is 15.0 Å². The lowest BCUT2D eigenvalue weighted by Gasteiger charge is -2.34. The standard InChI is InChI=1S/C19H28N4O2/c1-19(2)8-6-16(25-19)12-20-18(24)23-14-4-5-15(23)11-13(10-14)17-7-9-21-22(17)3/h7,9-10,14-16H,4-6,8,11-12H2,1-3H3,(H,20,24). The van der Waals surface area contributed by atoms with Gasteiger partial charge in [-0.25, -0.2) is 4.79 Å². The molecule has 2 bridgehead atoms. The number of nitrogens with zero attached hydrogens (tertiary/aromatic N) is 3. The first kappa shape index (κ1) is 16.6. The Hall–Kier alpha value is -1.82. The van der Waals surface area contributed by atoms with Gasteiger partial charge in [-0.2, -0.15) is 5.10 Å². The van der Waals surface area contributed by atoms with Gasteiger partial charge in [0, 0.05) is 25.8 Å². The Morgan fingerprint density at radius 3 is 2.88 bits per heavy atom. The summed E-state index contributed by atoms with van der Waals surface area (Å²) in [5.74, 6) is 0. The van der Waals surface area contributed by atoms with Gasteiger partial charge in [-0.05, 0) is 57.6 Å². The van der Waals surface area contributed by atoms with E-state index >= 15 is 0 Å². The molecule has 6 nitrogen and oxygen atoms in total. The van der Waals surface area contributed by atoms with Crippen molar-refractivity contribution in [2.24, 2.45) is 7.05 Å². The van der Waals surface area contributed by atoms with Crippen molar-refractivity contribution in [2.75, 3.05) is 6.54 Å². The number of amides is 2. The molecule has 1 aromatic heterocycles. The van der Waals surface area contributed by atoms with Crippen LogP contribution in [-0.2, 0) is 11.8 Å². The van der Waals surface area contributed by atoms with Gasteiger partial charge in [-0.1, -0.05) is 6.08 Å². The van der Waals surface area contributed by atoms with Gasteiger partial charge in [0.05, 0.1) is 23.4 Å². The first-order valence-corrected chi connectivity index (χ1v) is 9.36. The van der Waals surface area contributed by atoms with E-state index < -0.39 is 0 Å². The van der Waals surface area contributed by atoms with Crippen LogP contribution in [0, 0.1) is 0 Å². The Kier molecular flexibility index (Phi) is 4.10. The molecule has 3 unspecified atom stereocenters. The summed E-state index contributed by atoms with van der Waals surface area (Å²) in [5, 5.41) is 7.38. The number of rotatable bonds is 3. The molecular weight excluding hydrogens is 316 g/mol. The van der Waals surface area contributed by atoms with Gasteiger partial charge in [0.2, 0.25) is 0 Å². The quantitative estimate of drug-likeness (QED) is 0.917. The largest absolute Gasteiger partial charge is 0.371 e. The molecule has 3 aliphatic rings. The fourth-order valence-corrected chi connectivity index (χ4v) is 4.54. The average Bonchev–Trinajstić information content (AvgIpc) is 3.21. The molecular formula is C19H28N4O2. The molecule has 1 N–H and O–H groups in total. The van der Waals surface area contributed by atoms with Gasteiger partial charge in [-0.15, -0.1) is 0 Å². The third-order valence-corrected chi connectivity index (χ3v) is 5.81. The molecule has 0 aliphatic carbocycles. The normalized spacial score (nSPS) is 30.4. The zero-order chi connectivity index (χ0) is 17.6. The van der Waals surface area contributed by atoms with Crippen molar-refractivity contribution in [3.63, 3.8) is 0 Å². The number of aromatic nitrogens is 2. The predicted molar refractivity (Wildman–Crippen MR) is 96.0 cm³/mol. The van der Waals surface area contributed by atoms with Crippen LogP contribution in [0.15, 0.2) is 18.3 Å². The summed E-state index contributed by atoms with van der Waals surface area (Å²) in [6.45, 7) is 4.84. The molecule has 3 aliphatic heterocycles. The minimum absolute atomic E-state index is 0.0553. The monoisotopic (exact) mass is 344 g/mol. The Morgan fingerprint density at radius 2 is 2.24 bits per heavy atom. The first-order chi connectivity index (χ1) is 11.9. The summed E-state index contributed by atoms with van der Waals surface area (Å²) in [6, 6.07) is 2.60. The molecule has 25 heavy (non-hydrogen) atoms. The first-order valence-electron chi connectivity index (χ1n) is 9.36. The van der Waals surface area contributed by atoms with Crippen LogP contribution in [0.2, 0.25) is 0 Å². The molecule has 0 saturated carbocycles. The molecule has 136 valence electrons. The minimum atomic E-state index is -0.0553. The number of hydrogen-bond acceptors (Lipinski definition) is 3.